The fraction of sp³-hybridized carbons (Fsp3) is 0.538. The lowest BCUT2D eigenvalue weighted by Crippen LogP contribution is -2.41. The fourth-order valence-electron chi connectivity index (χ4n) is 4.82. The van der Waals surface area contributed by atoms with Gasteiger partial charge in [0.25, 0.3) is 0 Å². The summed E-state index contributed by atoms with van der Waals surface area (Å²) >= 11 is 0. The summed E-state index contributed by atoms with van der Waals surface area (Å²) in [6.07, 6.45) is -6.16. The van der Waals surface area contributed by atoms with Crippen molar-refractivity contribution in [3.05, 3.63) is 65.0 Å². The number of hydrogen-bond acceptors (Lipinski definition) is 4. The maximum atomic E-state index is 13.1. The molecule has 1 aliphatic rings. The van der Waals surface area contributed by atoms with Gasteiger partial charge in [-0.3, -0.25) is 9.88 Å². The minimum atomic E-state index is -4.52. The van der Waals surface area contributed by atoms with E-state index in [0.29, 0.717) is 43.0 Å². The molecule has 1 fully saturated rings. The highest BCUT2D eigenvalue weighted by Gasteiger charge is 2.37. The van der Waals surface area contributed by atoms with Gasteiger partial charge in [-0.1, -0.05) is 26.0 Å². The van der Waals surface area contributed by atoms with Crippen LogP contribution < -0.4 is 5.11 Å². The number of benzene rings is 1. The third kappa shape index (κ3) is 7.21. The van der Waals surface area contributed by atoms with Gasteiger partial charge in [0.05, 0.1) is 22.9 Å². The van der Waals surface area contributed by atoms with Crippen molar-refractivity contribution in [2.24, 2.45) is 11.8 Å². The molecule has 0 unspecified atom stereocenters. The van der Waals surface area contributed by atoms with E-state index < -0.39 is 35.5 Å². The van der Waals surface area contributed by atoms with Crippen LogP contribution in [0, 0.1) is 11.8 Å². The number of aromatic nitrogens is 1. The number of rotatable bonds is 8. The number of nitrogens with zero attached hydrogens (tertiary/aromatic N) is 2. The molecule has 0 N–H and O–H groups in total. The number of aliphatic carboxylic acids is 1. The molecule has 0 spiro atoms. The number of carboxylic acids is 1. The summed E-state index contributed by atoms with van der Waals surface area (Å²) in [5.74, 6) is -1.12. The van der Waals surface area contributed by atoms with Gasteiger partial charge >= 0.3 is 12.4 Å². The molecule has 2 heterocycles. The molecule has 0 bridgehead atoms. The summed E-state index contributed by atoms with van der Waals surface area (Å²) < 4.78 is 78.6. The predicted octanol–water partition coefficient (Wildman–Crippen LogP) is 6.19. The van der Waals surface area contributed by atoms with Gasteiger partial charge in [-0.05, 0) is 80.3 Å². The van der Waals surface area contributed by atoms with Crippen LogP contribution in [0.2, 0.25) is 0 Å². The molecule has 3 atom stereocenters. The average Bonchev–Trinajstić information content (AvgIpc) is 2.78. The molecule has 1 aliphatic heterocycles. The number of carbonyl (C=O) groups excluding carboxylic acids is 1. The molecule has 0 aliphatic carbocycles. The monoisotopic (exact) mass is 515 g/mol. The number of carbonyl (C=O) groups is 1. The van der Waals surface area contributed by atoms with E-state index in [1.165, 1.54) is 18.2 Å². The summed E-state index contributed by atoms with van der Waals surface area (Å²) in [5, 5.41) is 11.2. The highest BCUT2D eigenvalue weighted by atomic mass is 19.4. The lowest BCUT2D eigenvalue weighted by Gasteiger charge is -2.44. The van der Waals surface area contributed by atoms with Gasteiger partial charge < -0.3 is 9.90 Å². The van der Waals surface area contributed by atoms with E-state index in [9.17, 15) is 36.2 Å². The van der Waals surface area contributed by atoms with E-state index in [4.69, 9.17) is 0 Å². The number of alkyl halides is 6. The third-order valence-corrected chi connectivity index (χ3v) is 6.70. The van der Waals surface area contributed by atoms with E-state index in [2.05, 4.69) is 4.98 Å². The first-order valence-corrected chi connectivity index (χ1v) is 11.9. The van der Waals surface area contributed by atoms with Crippen LogP contribution >= 0.6 is 0 Å². The topological polar surface area (TPSA) is 56.3 Å². The largest absolute Gasteiger partial charge is 0.550 e. The first-order chi connectivity index (χ1) is 16.8. The third-order valence-electron chi connectivity index (χ3n) is 6.70. The number of halogens is 6. The molecule has 3 rings (SSSR count). The molecule has 0 amide bonds. The Kier molecular flexibility index (Phi) is 8.69. The Hall–Kier alpha value is -2.62. The standard InChI is InChI=1S/C26H30F6N2O2/c1-16(2)3-10-22(21-9-8-20(15-33-21)26(30,31)32)34-12-11-17(14-24(35)36)13-23(34)18-4-6-19(7-5-18)25(27,28)29/h4-9,15-17,22-23H,3,10-14H2,1-2H3,(H,35,36)/p-1/t17-,22-,23+/m1/s1. The molecule has 4 nitrogen and oxygen atoms in total. The van der Waals surface area contributed by atoms with Gasteiger partial charge in [0.2, 0.25) is 0 Å². The van der Waals surface area contributed by atoms with Gasteiger partial charge in [-0.15, -0.1) is 0 Å². The first-order valence-electron chi connectivity index (χ1n) is 11.9. The Morgan fingerprint density at radius 1 is 1.00 bits per heavy atom. The lowest BCUT2D eigenvalue weighted by molar-refractivity contribution is -0.307. The van der Waals surface area contributed by atoms with Gasteiger partial charge in [-0.25, -0.2) is 0 Å². The molecular formula is C26H29F6N2O2-. The second-order valence-corrected chi connectivity index (χ2v) is 9.80. The second-order valence-electron chi connectivity index (χ2n) is 9.80. The minimum Gasteiger partial charge on any atom is -0.550 e. The van der Waals surface area contributed by atoms with Gasteiger partial charge in [0.15, 0.2) is 0 Å². The SMILES string of the molecule is CC(C)CC[C@H](c1ccc(C(F)(F)F)cn1)N1CC[C@@H](CC(=O)[O-])C[C@H]1c1ccc(C(F)(F)F)cc1. The maximum Gasteiger partial charge on any atom is 0.417 e. The van der Waals surface area contributed by atoms with Crippen molar-refractivity contribution in [3.8, 4) is 0 Å². The Labute approximate surface area is 206 Å². The van der Waals surface area contributed by atoms with Crippen LogP contribution in [0.4, 0.5) is 26.3 Å². The predicted molar refractivity (Wildman–Crippen MR) is 119 cm³/mol. The van der Waals surface area contributed by atoms with Crippen molar-refractivity contribution in [3.63, 3.8) is 0 Å². The quantitative estimate of drug-likeness (QED) is 0.394. The van der Waals surface area contributed by atoms with E-state index in [1.54, 1.807) is 0 Å². The van der Waals surface area contributed by atoms with Crippen molar-refractivity contribution in [1.82, 2.24) is 9.88 Å². The van der Waals surface area contributed by atoms with Crippen LogP contribution in [0.1, 0.15) is 80.4 Å². The Morgan fingerprint density at radius 2 is 1.61 bits per heavy atom. The summed E-state index contributed by atoms with van der Waals surface area (Å²) in [5.41, 5.74) is -0.618. The number of pyridine rings is 1. The van der Waals surface area contributed by atoms with Crippen LogP contribution in [-0.2, 0) is 17.1 Å². The van der Waals surface area contributed by atoms with E-state index in [0.717, 1.165) is 30.8 Å². The zero-order valence-corrected chi connectivity index (χ0v) is 20.1. The molecule has 2 aromatic rings. The second kappa shape index (κ2) is 11.2. The van der Waals surface area contributed by atoms with Crippen LogP contribution in [0.25, 0.3) is 0 Å². The molecule has 0 radical (unpaired) electrons. The first kappa shape index (κ1) is 28.0. The van der Waals surface area contributed by atoms with Crippen molar-refractivity contribution in [2.75, 3.05) is 6.54 Å². The average molecular weight is 516 g/mol. The smallest absolute Gasteiger partial charge is 0.417 e. The summed E-state index contributed by atoms with van der Waals surface area (Å²) in [6.45, 7) is 4.47. The zero-order valence-electron chi connectivity index (χ0n) is 20.1. The van der Waals surface area contributed by atoms with Gasteiger partial charge in [-0.2, -0.15) is 26.3 Å². The lowest BCUT2D eigenvalue weighted by atomic mass is 9.83. The molecule has 36 heavy (non-hydrogen) atoms. The normalized spacial score (nSPS) is 20.5. The fourth-order valence-corrected chi connectivity index (χ4v) is 4.82. The zero-order chi connectivity index (χ0) is 26.7. The van der Waals surface area contributed by atoms with Crippen LogP contribution in [-0.4, -0.2) is 22.4 Å². The van der Waals surface area contributed by atoms with Crippen LogP contribution in [0.3, 0.4) is 0 Å². The molecule has 1 aromatic carbocycles. The van der Waals surface area contributed by atoms with Gasteiger partial charge in [0, 0.05) is 18.2 Å². The Balaban J connectivity index is 1.99. The maximum absolute atomic E-state index is 13.1. The number of carboxylic acid groups (broad SMARTS) is 1. The molecular weight excluding hydrogens is 486 g/mol. The molecule has 0 saturated carbocycles. The molecule has 10 heteroatoms. The van der Waals surface area contributed by atoms with E-state index in [1.807, 2.05) is 18.7 Å². The summed E-state index contributed by atoms with van der Waals surface area (Å²) in [7, 11) is 0. The number of likely N-dealkylation sites (tertiary alicyclic amines) is 1. The number of hydrogen-bond donors (Lipinski definition) is 0. The van der Waals surface area contributed by atoms with Crippen molar-refractivity contribution < 1.29 is 36.2 Å². The highest BCUT2D eigenvalue weighted by molar-refractivity contribution is 5.64. The molecule has 1 aromatic heterocycles. The summed E-state index contributed by atoms with van der Waals surface area (Å²) in [6, 6.07) is 6.30. The van der Waals surface area contributed by atoms with Crippen LogP contribution in [0.15, 0.2) is 42.6 Å². The van der Waals surface area contributed by atoms with Crippen LogP contribution in [0.5, 0.6) is 0 Å². The molecule has 1 saturated heterocycles. The Bertz CT molecular complexity index is 1000. The van der Waals surface area contributed by atoms with E-state index >= 15 is 0 Å². The van der Waals surface area contributed by atoms with Crippen molar-refractivity contribution in [2.45, 2.75) is 70.4 Å². The van der Waals surface area contributed by atoms with Crippen molar-refractivity contribution >= 4 is 5.97 Å². The van der Waals surface area contributed by atoms with Crippen molar-refractivity contribution in [1.29, 1.82) is 0 Å². The van der Waals surface area contributed by atoms with Gasteiger partial charge in [0.1, 0.15) is 0 Å². The number of piperidine rings is 1. The Morgan fingerprint density at radius 3 is 2.11 bits per heavy atom. The summed E-state index contributed by atoms with van der Waals surface area (Å²) in [4.78, 5) is 17.4. The minimum absolute atomic E-state index is 0.167. The van der Waals surface area contributed by atoms with E-state index in [-0.39, 0.29) is 18.4 Å². The molecule has 198 valence electrons. The highest BCUT2D eigenvalue weighted by Crippen LogP contribution is 2.43.